The fourth-order valence-corrected chi connectivity index (χ4v) is 3.31. The van der Waals surface area contributed by atoms with Crippen LogP contribution in [0.15, 0.2) is 60.7 Å². The number of amides is 2. The Bertz CT molecular complexity index is 825. The number of nitrogens with one attached hydrogen (secondary N) is 1. The van der Waals surface area contributed by atoms with Gasteiger partial charge >= 0.3 is 0 Å². The van der Waals surface area contributed by atoms with E-state index >= 15 is 0 Å². The van der Waals surface area contributed by atoms with Crippen LogP contribution >= 0.6 is 0 Å². The Labute approximate surface area is 166 Å². The molecule has 0 bridgehead atoms. The molecule has 0 saturated carbocycles. The maximum absolute atomic E-state index is 12.4. The number of piperidine rings is 1. The van der Waals surface area contributed by atoms with E-state index in [2.05, 4.69) is 5.32 Å². The Balaban J connectivity index is 1.45. The van der Waals surface area contributed by atoms with E-state index < -0.39 is 0 Å². The first kappa shape index (κ1) is 19.7. The molecule has 1 aliphatic rings. The summed E-state index contributed by atoms with van der Waals surface area (Å²) < 4.78 is 5.19. The molecule has 5 nitrogen and oxygen atoms in total. The Morgan fingerprint density at radius 1 is 1.11 bits per heavy atom. The first-order valence-electron chi connectivity index (χ1n) is 9.58. The van der Waals surface area contributed by atoms with Crippen molar-refractivity contribution >= 4 is 17.9 Å². The number of hydrogen-bond donors (Lipinski definition) is 1. The van der Waals surface area contributed by atoms with Crippen LogP contribution in [0.2, 0.25) is 0 Å². The second kappa shape index (κ2) is 9.74. The van der Waals surface area contributed by atoms with Crippen molar-refractivity contribution in [1.82, 2.24) is 10.2 Å². The molecule has 0 aliphatic carbocycles. The summed E-state index contributed by atoms with van der Waals surface area (Å²) in [6.45, 7) is 1.75. The van der Waals surface area contributed by atoms with Crippen molar-refractivity contribution in [2.75, 3.05) is 20.2 Å². The number of benzene rings is 2. The molecule has 0 aromatic heterocycles. The van der Waals surface area contributed by atoms with Gasteiger partial charge in [-0.15, -0.1) is 0 Å². The van der Waals surface area contributed by atoms with Gasteiger partial charge in [-0.05, 0) is 42.2 Å². The standard InChI is InChI=1S/C23H26N2O3/c1-28-21-9-5-8-18(16-21)10-11-22(26)25-14-12-20(13-15-25)23(27)24-17-19-6-3-2-4-7-19/h2-11,16,20H,12-15,17H2,1H3,(H,24,27). The van der Waals surface area contributed by atoms with Crippen molar-refractivity contribution in [2.24, 2.45) is 5.92 Å². The SMILES string of the molecule is COc1cccc(C=CC(=O)N2CCC(C(=O)NCc3ccccc3)CC2)c1. The summed E-state index contributed by atoms with van der Waals surface area (Å²) >= 11 is 0. The van der Waals surface area contributed by atoms with Crippen molar-refractivity contribution in [3.8, 4) is 5.75 Å². The van der Waals surface area contributed by atoms with Gasteiger partial charge in [0.2, 0.25) is 11.8 Å². The molecule has 0 radical (unpaired) electrons. The first-order chi connectivity index (χ1) is 13.7. The summed E-state index contributed by atoms with van der Waals surface area (Å²) in [6.07, 6.45) is 4.77. The molecule has 3 rings (SSSR count). The lowest BCUT2D eigenvalue weighted by atomic mass is 9.95. The Hall–Kier alpha value is -3.08. The van der Waals surface area contributed by atoms with Gasteiger partial charge in [0.05, 0.1) is 7.11 Å². The van der Waals surface area contributed by atoms with Crippen molar-refractivity contribution < 1.29 is 14.3 Å². The summed E-state index contributed by atoms with van der Waals surface area (Å²) in [4.78, 5) is 26.6. The molecule has 5 heteroatoms. The van der Waals surface area contributed by atoms with Gasteiger partial charge < -0.3 is 15.0 Å². The number of likely N-dealkylation sites (tertiary alicyclic amines) is 1. The maximum atomic E-state index is 12.4. The molecule has 0 spiro atoms. The van der Waals surface area contributed by atoms with E-state index in [4.69, 9.17) is 4.74 Å². The largest absolute Gasteiger partial charge is 0.497 e. The van der Waals surface area contributed by atoms with Crippen LogP contribution in [-0.4, -0.2) is 36.9 Å². The van der Waals surface area contributed by atoms with Crippen LogP contribution in [-0.2, 0) is 16.1 Å². The second-order valence-electron chi connectivity index (χ2n) is 6.91. The van der Waals surface area contributed by atoms with Gasteiger partial charge in [-0.1, -0.05) is 42.5 Å². The van der Waals surface area contributed by atoms with Crippen LogP contribution in [0, 0.1) is 5.92 Å². The minimum atomic E-state index is -0.0323. The number of rotatable bonds is 6. The summed E-state index contributed by atoms with van der Waals surface area (Å²) in [6, 6.07) is 17.4. The van der Waals surface area contributed by atoms with Gasteiger partial charge in [-0.3, -0.25) is 9.59 Å². The normalized spacial score (nSPS) is 14.8. The number of carbonyl (C=O) groups excluding carboxylic acids is 2. The first-order valence-corrected chi connectivity index (χ1v) is 9.58. The van der Waals surface area contributed by atoms with Crippen LogP contribution in [0.4, 0.5) is 0 Å². The molecule has 2 aromatic carbocycles. The van der Waals surface area contributed by atoms with E-state index in [0.29, 0.717) is 32.5 Å². The Morgan fingerprint density at radius 3 is 2.57 bits per heavy atom. The molecule has 2 aromatic rings. The predicted molar refractivity (Wildman–Crippen MR) is 110 cm³/mol. The monoisotopic (exact) mass is 378 g/mol. The van der Waals surface area contributed by atoms with E-state index in [1.165, 1.54) is 0 Å². The van der Waals surface area contributed by atoms with E-state index in [-0.39, 0.29) is 17.7 Å². The van der Waals surface area contributed by atoms with E-state index in [0.717, 1.165) is 16.9 Å². The second-order valence-corrected chi connectivity index (χ2v) is 6.91. The third kappa shape index (κ3) is 5.46. The Kier molecular flexibility index (Phi) is 6.84. The molecule has 0 atom stereocenters. The zero-order chi connectivity index (χ0) is 19.8. The maximum Gasteiger partial charge on any atom is 0.246 e. The molecule has 0 unspecified atom stereocenters. The molecule has 1 fully saturated rings. The highest BCUT2D eigenvalue weighted by Crippen LogP contribution is 2.19. The van der Waals surface area contributed by atoms with Gasteiger partial charge in [0.15, 0.2) is 0 Å². The third-order valence-corrected chi connectivity index (χ3v) is 5.00. The Morgan fingerprint density at radius 2 is 1.86 bits per heavy atom. The summed E-state index contributed by atoms with van der Waals surface area (Å²) in [5, 5.41) is 3.00. The van der Waals surface area contributed by atoms with Gasteiger partial charge in [0.25, 0.3) is 0 Å². The molecule has 28 heavy (non-hydrogen) atoms. The van der Waals surface area contributed by atoms with Gasteiger partial charge in [-0.2, -0.15) is 0 Å². The van der Waals surface area contributed by atoms with Crippen molar-refractivity contribution in [1.29, 1.82) is 0 Å². The number of nitrogens with zero attached hydrogens (tertiary/aromatic N) is 1. The zero-order valence-corrected chi connectivity index (χ0v) is 16.1. The molecule has 1 N–H and O–H groups in total. The smallest absolute Gasteiger partial charge is 0.246 e. The lowest BCUT2D eigenvalue weighted by Crippen LogP contribution is -2.42. The van der Waals surface area contributed by atoms with Crippen LogP contribution in [0.5, 0.6) is 5.75 Å². The lowest BCUT2D eigenvalue weighted by Gasteiger charge is -2.30. The number of methoxy groups -OCH3 is 1. The van der Waals surface area contributed by atoms with E-state index in [1.807, 2.05) is 54.6 Å². The highest BCUT2D eigenvalue weighted by molar-refractivity contribution is 5.92. The van der Waals surface area contributed by atoms with Crippen molar-refractivity contribution in [3.05, 3.63) is 71.8 Å². The number of carbonyl (C=O) groups is 2. The third-order valence-electron chi connectivity index (χ3n) is 5.00. The molecule has 1 aliphatic heterocycles. The fourth-order valence-electron chi connectivity index (χ4n) is 3.31. The molecular weight excluding hydrogens is 352 g/mol. The van der Waals surface area contributed by atoms with E-state index in [9.17, 15) is 9.59 Å². The highest BCUT2D eigenvalue weighted by Gasteiger charge is 2.26. The minimum Gasteiger partial charge on any atom is -0.497 e. The van der Waals surface area contributed by atoms with Crippen LogP contribution < -0.4 is 10.1 Å². The zero-order valence-electron chi connectivity index (χ0n) is 16.1. The van der Waals surface area contributed by atoms with Crippen LogP contribution in [0.1, 0.15) is 24.0 Å². The topological polar surface area (TPSA) is 58.6 Å². The summed E-state index contributed by atoms with van der Waals surface area (Å²) in [5.74, 6) is 0.779. The van der Waals surface area contributed by atoms with Crippen molar-refractivity contribution in [3.63, 3.8) is 0 Å². The average Bonchev–Trinajstić information content (AvgIpc) is 2.76. The molecular formula is C23H26N2O3. The molecule has 146 valence electrons. The van der Waals surface area contributed by atoms with Crippen LogP contribution in [0.3, 0.4) is 0 Å². The quantitative estimate of drug-likeness (QED) is 0.785. The molecule has 1 saturated heterocycles. The van der Waals surface area contributed by atoms with Gasteiger partial charge in [-0.25, -0.2) is 0 Å². The molecule has 2 amide bonds. The lowest BCUT2D eigenvalue weighted by molar-refractivity contribution is -0.132. The minimum absolute atomic E-state index is 0.0223. The fraction of sp³-hybridized carbons (Fsp3) is 0.304. The predicted octanol–water partition coefficient (Wildman–Crippen LogP) is 3.26. The van der Waals surface area contributed by atoms with E-state index in [1.54, 1.807) is 24.2 Å². The van der Waals surface area contributed by atoms with Crippen LogP contribution in [0.25, 0.3) is 6.08 Å². The number of ether oxygens (including phenoxy) is 1. The summed E-state index contributed by atoms with van der Waals surface area (Å²) in [5.41, 5.74) is 2.01. The van der Waals surface area contributed by atoms with Gasteiger partial charge in [0, 0.05) is 31.6 Å². The molecule has 1 heterocycles. The highest BCUT2D eigenvalue weighted by atomic mass is 16.5. The summed E-state index contributed by atoms with van der Waals surface area (Å²) in [7, 11) is 1.62. The van der Waals surface area contributed by atoms with Crippen molar-refractivity contribution in [2.45, 2.75) is 19.4 Å². The van der Waals surface area contributed by atoms with Gasteiger partial charge in [0.1, 0.15) is 5.75 Å². The number of hydrogen-bond acceptors (Lipinski definition) is 3. The average molecular weight is 378 g/mol.